The fourth-order valence-corrected chi connectivity index (χ4v) is 3.70. The molecule has 0 bridgehead atoms. The number of nitrogens with zero attached hydrogens (tertiary/aromatic N) is 5. The SMILES string of the molecule is Cn1nccc1-c1cnc([C@@H]2CCCN(S(C)(=O)=O)C2)cn1. The number of hydrogen-bond donors (Lipinski definition) is 0. The van der Waals surface area contributed by atoms with Crippen molar-refractivity contribution in [1.82, 2.24) is 24.1 Å². The Morgan fingerprint density at radius 1 is 1.27 bits per heavy atom. The third-order valence-electron chi connectivity index (χ3n) is 4.03. The summed E-state index contributed by atoms with van der Waals surface area (Å²) in [7, 11) is -1.29. The highest BCUT2D eigenvalue weighted by atomic mass is 32.2. The summed E-state index contributed by atoms with van der Waals surface area (Å²) < 4.78 is 26.7. The lowest BCUT2D eigenvalue weighted by molar-refractivity contribution is 0.314. The Labute approximate surface area is 130 Å². The number of aromatic nitrogens is 4. The molecule has 2 aromatic heterocycles. The molecular weight excluding hydrogens is 302 g/mol. The van der Waals surface area contributed by atoms with E-state index in [-0.39, 0.29) is 5.92 Å². The van der Waals surface area contributed by atoms with E-state index in [4.69, 9.17) is 0 Å². The van der Waals surface area contributed by atoms with Gasteiger partial charge in [0, 0.05) is 38.4 Å². The average molecular weight is 321 g/mol. The summed E-state index contributed by atoms with van der Waals surface area (Å²) in [5, 5.41) is 4.12. The molecule has 8 heteroatoms. The van der Waals surface area contributed by atoms with Gasteiger partial charge in [-0.2, -0.15) is 5.10 Å². The van der Waals surface area contributed by atoms with E-state index in [0.29, 0.717) is 13.1 Å². The van der Waals surface area contributed by atoms with Crippen LogP contribution in [0.25, 0.3) is 11.4 Å². The van der Waals surface area contributed by atoms with E-state index in [1.165, 1.54) is 10.6 Å². The molecule has 3 rings (SSSR count). The minimum absolute atomic E-state index is 0.108. The van der Waals surface area contributed by atoms with Gasteiger partial charge in [-0.15, -0.1) is 0 Å². The first kappa shape index (κ1) is 15.1. The highest BCUT2D eigenvalue weighted by Gasteiger charge is 2.27. The van der Waals surface area contributed by atoms with Gasteiger partial charge in [0.2, 0.25) is 10.0 Å². The fourth-order valence-electron chi connectivity index (χ4n) is 2.79. The molecule has 1 atom stereocenters. The standard InChI is InChI=1S/C14H19N5O2S/c1-18-14(5-6-17-18)13-9-15-12(8-16-13)11-4-3-7-19(10-11)22(2,20)21/h5-6,8-9,11H,3-4,7,10H2,1-2H3/t11-/m1/s1. The van der Waals surface area contributed by atoms with E-state index in [2.05, 4.69) is 15.1 Å². The molecular formula is C14H19N5O2S. The number of hydrogen-bond acceptors (Lipinski definition) is 5. The molecule has 0 aliphatic carbocycles. The van der Waals surface area contributed by atoms with Crippen LogP contribution in [-0.2, 0) is 17.1 Å². The molecule has 7 nitrogen and oxygen atoms in total. The summed E-state index contributed by atoms with van der Waals surface area (Å²) in [6.45, 7) is 1.08. The van der Waals surface area contributed by atoms with Crippen LogP contribution < -0.4 is 0 Å². The maximum absolute atomic E-state index is 11.7. The van der Waals surface area contributed by atoms with Crippen molar-refractivity contribution in [2.45, 2.75) is 18.8 Å². The lowest BCUT2D eigenvalue weighted by Gasteiger charge is -2.30. The van der Waals surface area contributed by atoms with Crippen LogP contribution in [0, 0.1) is 0 Å². The number of aryl methyl sites for hydroxylation is 1. The van der Waals surface area contributed by atoms with Crippen molar-refractivity contribution in [3.8, 4) is 11.4 Å². The van der Waals surface area contributed by atoms with Crippen LogP contribution in [0.5, 0.6) is 0 Å². The average Bonchev–Trinajstić information content (AvgIpc) is 2.93. The Morgan fingerprint density at radius 3 is 2.68 bits per heavy atom. The minimum atomic E-state index is -3.14. The van der Waals surface area contributed by atoms with Crippen molar-refractivity contribution in [2.24, 2.45) is 7.05 Å². The Hall–Kier alpha value is -1.80. The van der Waals surface area contributed by atoms with Crippen LogP contribution in [0.4, 0.5) is 0 Å². The topological polar surface area (TPSA) is 81.0 Å². The van der Waals surface area contributed by atoms with E-state index in [1.807, 2.05) is 13.1 Å². The second-order valence-electron chi connectivity index (χ2n) is 5.63. The molecule has 1 saturated heterocycles. The lowest BCUT2D eigenvalue weighted by atomic mass is 9.96. The molecule has 2 aromatic rings. The summed E-state index contributed by atoms with van der Waals surface area (Å²) in [5.74, 6) is 0.108. The highest BCUT2D eigenvalue weighted by molar-refractivity contribution is 7.88. The number of rotatable bonds is 3. The van der Waals surface area contributed by atoms with Gasteiger partial charge in [-0.1, -0.05) is 0 Å². The molecule has 0 radical (unpaired) electrons. The molecule has 3 heterocycles. The quantitative estimate of drug-likeness (QED) is 0.843. The summed E-state index contributed by atoms with van der Waals surface area (Å²) in [5.41, 5.74) is 2.51. The van der Waals surface area contributed by atoms with E-state index in [1.54, 1.807) is 23.3 Å². The van der Waals surface area contributed by atoms with Crippen molar-refractivity contribution >= 4 is 10.0 Å². The lowest BCUT2D eigenvalue weighted by Crippen LogP contribution is -2.38. The maximum Gasteiger partial charge on any atom is 0.211 e. The zero-order chi connectivity index (χ0) is 15.7. The zero-order valence-electron chi connectivity index (χ0n) is 12.7. The van der Waals surface area contributed by atoms with Crippen molar-refractivity contribution in [3.05, 3.63) is 30.4 Å². The largest absolute Gasteiger partial charge is 0.266 e. The van der Waals surface area contributed by atoms with Crippen LogP contribution in [0.2, 0.25) is 0 Å². The number of piperidine rings is 1. The summed E-state index contributed by atoms with van der Waals surface area (Å²) in [4.78, 5) is 8.94. The Kier molecular flexibility index (Phi) is 3.96. The van der Waals surface area contributed by atoms with Gasteiger partial charge in [0.05, 0.1) is 23.8 Å². The van der Waals surface area contributed by atoms with E-state index in [0.717, 1.165) is 29.9 Å². The monoisotopic (exact) mass is 321 g/mol. The van der Waals surface area contributed by atoms with Crippen molar-refractivity contribution in [1.29, 1.82) is 0 Å². The molecule has 0 unspecified atom stereocenters. The molecule has 118 valence electrons. The Balaban J connectivity index is 1.80. The third kappa shape index (κ3) is 3.02. The minimum Gasteiger partial charge on any atom is -0.266 e. The first-order valence-electron chi connectivity index (χ1n) is 7.20. The van der Waals surface area contributed by atoms with E-state index >= 15 is 0 Å². The molecule has 0 spiro atoms. The zero-order valence-corrected chi connectivity index (χ0v) is 13.5. The normalized spacial score (nSPS) is 20.2. The first-order chi connectivity index (χ1) is 10.4. The van der Waals surface area contributed by atoms with E-state index < -0.39 is 10.0 Å². The van der Waals surface area contributed by atoms with E-state index in [9.17, 15) is 8.42 Å². The van der Waals surface area contributed by atoms with Crippen molar-refractivity contribution in [2.75, 3.05) is 19.3 Å². The van der Waals surface area contributed by atoms with Gasteiger partial charge in [-0.25, -0.2) is 12.7 Å². The second-order valence-corrected chi connectivity index (χ2v) is 7.61. The maximum atomic E-state index is 11.7. The predicted molar refractivity (Wildman–Crippen MR) is 82.6 cm³/mol. The fraction of sp³-hybridized carbons (Fsp3) is 0.500. The third-order valence-corrected chi connectivity index (χ3v) is 5.30. The van der Waals surface area contributed by atoms with Crippen molar-refractivity contribution < 1.29 is 8.42 Å². The highest BCUT2D eigenvalue weighted by Crippen LogP contribution is 2.27. The molecule has 0 N–H and O–H groups in total. The molecule has 22 heavy (non-hydrogen) atoms. The van der Waals surface area contributed by atoms with Gasteiger partial charge in [0.15, 0.2) is 0 Å². The van der Waals surface area contributed by atoms with Gasteiger partial charge in [-0.05, 0) is 18.9 Å². The van der Waals surface area contributed by atoms with Gasteiger partial charge >= 0.3 is 0 Å². The van der Waals surface area contributed by atoms with Crippen LogP contribution >= 0.6 is 0 Å². The number of sulfonamides is 1. The van der Waals surface area contributed by atoms with Crippen LogP contribution in [0.1, 0.15) is 24.5 Å². The Bertz CT molecular complexity index is 754. The Morgan fingerprint density at radius 2 is 2.09 bits per heavy atom. The predicted octanol–water partition coefficient (Wildman–Crippen LogP) is 1.02. The van der Waals surface area contributed by atoms with Gasteiger partial charge < -0.3 is 0 Å². The van der Waals surface area contributed by atoms with Crippen LogP contribution in [-0.4, -0.2) is 51.8 Å². The van der Waals surface area contributed by atoms with Gasteiger partial charge in [0.1, 0.15) is 5.69 Å². The molecule has 1 aliphatic rings. The van der Waals surface area contributed by atoms with Crippen molar-refractivity contribution in [3.63, 3.8) is 0 Å². The molecule has 0 aromatic carbocycles. The van der Waals surface area contributed by atoms with Gasteiger partial charge in [0.25, 0.3) is 0 Å². The second kappa shape index (κ2) is 5.77. The smallest absolute Gasteiger partial charge is 0.211 e. The van der Waals surface area contributed by atoms with Crippen LogP contribution in [0.15, 0.2) is 24.7 Å². The summed E-state index contributed by atoms with van der Waals surface area (Å²) in [6, 6.07) is 1.88. The molecule has 1 fully saturated rings. The molecule has 1 aliphatic heterocycles. The summed E-state index contributed by atoms with van der Waals surface area (Å²) >= 11 is 0. The molecule has 0 amide bonds. The van der Waals surface area contributed by atoms with Crippen LogP contribution in [0.3, 0.4) is 0 Å². The van der Waals surface area contributed by atoms with Gasteiger partial charge in [-0.3, -0.25) is 14.6 Å². The first-order valence-corrected chi connectivity index (χ1v) is 9.05. The summed E-state index contributed by atoms with van der Waals surface area (Å²) in [6.07, 6.45) is 8.24. The molecule has 0 saturated carbocycles.